The molecule has 238 valence electrons. The number of methoxy groups -OCH3 is 1. The number of nitrogens with zero attached hydrogens (tertiary/aromatic N) is 3. The van der Waals surface area contributed by atoms with Crippen LogP contribution in [-0.2, 0) is 10.0 Å². The molecule has 0 aliphatic heterocycles. The third-order valence-electron chi connectivity index (χ3n) is 6.97. The number of hydrogen-bond donors (Lipinski definition) is 2. The Morgan fingerprint density at radius 1 is 1.00 bits per heavy atom. The lowest BCUT2D eigenvalue weighted by molar-refractivity contribution is 0.102. The lowest BCUT2D eigenvalue weighted by atomic mass is 10.00. The van der Waals surface area contributed by atoms with Crippen molar-refractivity contribution in [3.63, 3.8) is 0 Å². The highest BCUT2D eigenvalue weighted by Crippen LogP contribution is 2.34. The molecule has 2 aromatic carbocycles. The van der Waals surface area contributed by atoms with Crippen LogP contribution < -0.4 is 24.9 Å². The molecule has 3 heterocycles. The number of pyridine rings is 3. The second-order valence-electron chi connectivity index (χ2n) is 10.6. The Morgan fingerprint density at radius 3 is 2.35 bits per heavy atom. The first-order chi connectivity index (χ1) is 21.8. The van der Waals surface area contributed by atoms with Crippen LogP contribution in [0.3, 0.4) is 0 Å². The van der Waals surface area contributed by atoms with Crippen molar-refractivity contribution >= 4 is 38.5 Å². The fourth-order valence-electron chi connectivity index (χ4n) is 4.87. The van der Waals surface area contributed by atoms with Crippen LogP contribution in [0.4, 0.5) is 20.3 Å². The van der Waals surface area contributed by atoms with Gasteiger partial charge in [0, 0.05) is 53.6 Å². The number of hydrogen-bond acceptors (Lipinski definition) is 8. The second kappa shape index (κ2) is 12.6. The molecule has 5 aromatic rings. The Morgan fingerprint density at radius 2 is 1.72 bits per heavy atom. The van der Waals surface area contributed by atoms with Crippen molar-refractivity contribution in [2.45, 2.75) is 26.8 Å². The summed E-state index contributed by atoms with van der Waals surface area (Å²) in [6.07, 6.45) is 3.81. The van der Waals surface area contributed by atoms with E-state index in [0.717, 1.165) is 12.3 Å². The number of rotatable bonds is 9. The summed E-state index contributed by atoms with van der Waals surface area (Å²) < 4.78 is 67.6. The van der Waals surface area contributed by atoms with Crippen LogP contribution in [0.25, 0.3) is 22.2 Å². The van der Waals surface area contributed by atoms with E-state index in [1.165, 1.54) is 68.0 Å². The molecule has 0 aliphatic carbocycles. The number of carbonyl (C=O) groups is 1. The summed E-state index contributed by atoms with van der Waals surface area (Å²) in [4.78, 5) is 35.4. The van der Waals surface area contributed by atoms with Gasteiger partial charge in [0.15, 0.2) is 28.9 Å². The molecule has 2 N–H and O–H groups in total. The maximum Gasteiger partial charge on any atom is 0.261 e. The van der Waals surface area contributed by atoms with Crippen LogP contribution in [0, 0.1) is 18.6 Å². The fourth-order valence-corrected chi connectivity index (χ4v) is 5.37. The van der Waals surface area contributed by atoms with E-state index in [-0.39, 0.29) is 51.4 Å². The average Bonchev–Trinajstić information content (AvgIpc) is 2.98. The van der Waals surface area contributed by atoms with Crippen LogP contribution in [0.15, 0.2) is 71.8 Å². The molecule has 0 radical (unpaired) electrons. The minimum absolute atomic E-state index is 0.0522. The normalized spacial score (nSPS) is 11.5. The van der Waals surface area contributed by atoms with Crippen molar-refractivity contribution in [1.82, 2.24) is 14.5 Å². The molecule has 0 spiro atoms. The topological polar surface area (TPSA) is 142 Å². The molecule has 11 nitrogen and oxygen atoms in total. The Labute approximate surface area is 262 Å². The Balaban J connectivity index is 1.45. The minimum Gasteiger partial charge on any atom is -0.493 e. The van der Waals surface area contributed by atoms with Gasteiger partial charge in [0.1, 0.15) is 16.9 Å². The van der Waals surface area contributed by atoms with Gasteiger partial charge < -0.3 is 19.4 Å². The fraction of sp³-hybridized carbons (Fsp3) is 0.188. The predicted molar refractivity (Wildman–Crippen MR) is 170 cm³/mol. The Bertz CT molecular complexity index is 2150. The lowest BCUT2D eigenvalue weighted by Crippen LogP contribution is -2.26. The van der Waals surface area contributed by atoms with Gasteiger partial charge in [-0.15, -0.1) is 0 Å². The molecular weight excluding hydrogens is 620 g/mol. The standard InChI is InChI=1S/C32H29F2N5O6S/c1-17(2)39-16-22(30(40)28(18(39)3)19-6-8-20(33)9-7-19)32(41)36-21-10-11-25(23(34)14-21)45-26-12-13-35-24-15-27(44-4)31(37-29(24)26)38-46(5,42)43/h6-17H,1-5H3,(H,36,41)(H,37,38). The largest absolute Gasteiger partial charge is 0.493 e. The zero-order valence-corrected chi connectivity index (χ0v) is 26.2. The van der Waals surface area contributed by atoms with E-state index >= 15 is 4.39 Å². The molecule has 0 aliphatic rings. The second-order valence-corrected chi connectivity index (χ2v) is 12.4. The van der Waals surface area contributed by atoms with Gasteiger partial charge in [-0.05, 0) is 50.6 Å². The van der Waals surface area contributed by atoms with Crippen LogP contribution >= 0.6 is 0 Å². The molecule has 1 amide bonds. The van der Waals surface area contributed by atoms with Crippen molar-refractivity contribution in [2.24, 2.45) is 0 Å². The molecule has 14 heteroatoms. The number of nitrogens with one attached hydrogen (secondary N) is 2. The quantitative estimate of drug-likeness (QED) is 0.197. The number of fused-ring (bicyclic) bond motifs is 1. The molecule has 0 fully saturated rings. The number of anilines is 2. The molecule has 0 unspecified atom stereocenters. The first-order valence-electron chi connectivity index (χ1n) is 13.9. The average molecular weight is 650 g/mol. The maximum absolute atomic E-state index is 15.3. The van der Waals surface area contributed by atoms with Crippen LogP contribution in [0.2, 0.25) is 0 Å². The highest BCUT2D eigenvalue weighted by Gasteiger charge is 2.22. The number of carbonyl (C=O) groups excluding carboxylic acids is 1. The maximum atomic E-state index is 15.3. The van der Waals surface area contributed by atoms with Crippen molar-refractivity contribution in [2.75, 3.05) is 23.4 Å². The lowest BCUT2D eigenvalue weighted by Gasteiger charge is -2.20. The smallest absolute Gasteiger partial charge is 0.261 e. The molecule has 0 bridgehead atoms. The van der Waals surface area contributed by atoms with Gasteiger partial charge in [-0.2, -0.15) is 0 Å². The van der Waals surface area contributed by atoms with E-state index < -0.39 is 33.0 Å². The van der Waals surface area contributed by atoms with Gasteiger partial charge in [0.2, 0.25) is 15.5 Å². The van der Waals surface area contributed by atoms with Gasteiger partial charge in [0.25, 0.3) is 5.91 Å². The third kappa shape index (κ3) is 6.66. The molecule has 0 saturated carbocycles. The number of ether oxygens (including phenoxy) is 2. The summed E-state index contributed by atoms with van der Waals surface area (Å²) in [6, 6.07) is 11.9. The van der Waals surface area contributed by atoms with E-state index in [0.29, 0.717) is 16.8 Å². The van der Waals surface area contributed by atoms with E-state index in [1.54, 1.807) is 11.5 Å². The van der Waals surface area contributed by atoms with Crippen LogP contribution in [0.1, 0.15) is 35.9 Å². The zero-order chi connectivity index (χ0) is 33.3. The molecule has 5 rings (SSSR count). The first-order valence-corrected chi connectivity index (χ1v) is 15.8. The minimum atomic E-state index is -3.70. The van der Waals surface area contributed by atoms with Gasteiger partial charge in [-0.3, -0.25) is 19.3 Å². The van der Waals surface area contributed by atoms with Gasteiger partial charge in [0.05, 0.1) is 18.9 Å². The highest BCUT2D eigenvalue weighted by molar-refractivity contribution is 7.92. The SMILES string of the molecule is COc1cc2nccc(Oc3ccc(NC(=O)c4cn(C(C)C)c(C)c(-c5ccc(F)cc5)c4=O)cc3F)c2nc1NS(C)(=O)=O. The molecular formula is C32H29F2N5O6S. The Hall–Kier alpha value is -5.37. The molecule has 3 aromatic heterocycles. The highest BCUT2D eigenvalue weighted by atomic mass is 32.2. The molecule has 46 heavy (non-hydrogen) atoms. The summed E-state index contributed by atoms with van der Waals surface area (Å²) in [5.74, 6) is -2.21. The van der Waals surface area contributed by atoms with Crippen LogP contribution in [0.5, 0.6) is 17.2 Å². The number of amides is 1. The van der Waals surface area contributed by atoms with Gasteiger partial charge >= 0.3 is 0 Å². The van der Waals surface area contributed by atoms with E-state index in [2.05, 4.69) is 20.0 Å². The monoisotopic (exact) mass is 649 g/mol. The molecule has 0 atom stereocenters. The van der Waals surface area contributed by atoms with E-state index in [1.807, 2.05) is 13.8 Å². The summed E-state index contributed by atoms with van der Waals surface area (Å²) in [6.45, 7) is 5.53. The Kier molecular flexibility index (Phi) is 8.74. The zero-order valence-electron chi connectivity index (χ0n) is 25.4. The number of sulfonamides is 1. The summed E-state index contributed by atoms with van der Waals surface area (Å²) >= 11 is 0. The number of benzene rings is 2. The van der Waals surface area contributed by atoms with Crippen LogP contribution in [-0.4, -0.2) is 42.2 Å². The predicted octanol–water partition coefficient (Wildman–Crippen LogP) is 6.05. The number of aromatic nitrogens is 3. The van der Waals surface area contributed by atoms with Crippen molar-refractivity contribution in [3.8, 4) is 28.4 Å². The first kappa shape index (κ1) is 32.0. The summed E-state index contributed by atoms with van der Waals surface area (Å²) in [5, 5.41) is 2.57. The van der Waals surface area contributed by atoms with Crippen molar-refractivity contribution in [3.05, 3.63) is 100 Å². The van der Waals surface area contributed by atoms with Crippen molar-refractivity contribution in [1.29, 1.82) is 0 Å². The van der Waals surface area contributed by atoms with Crippen molar-refractivity contribution < 1.29 is 31.5 Å². The molecule has 0 saturated heterocycles. The summed E-state index contributed by atoms with van der Waals surface area (Å²) in [7, 11) is -2.36. The van der Waals surface area contributed by atoms with Gasteiger partial charge in [-0.1, -0.05) is 12.1 Å². The van der Waals surface area contributed by atoms with Gasteiger partial charge in [-0.25, -0.2) is 22.2 Å². The van der Waals surface area contributed by atoms with E-state index in [4.69, 9.17) is 9.47 Å². The number of halogens is 2. The summed E-state index contributed by atoms with van der Waals surface area (Å²) in [5.41, 5.74) is 1.05. The third-order valence-corrected chi connectivity index (χ3v) is 7.54. The van der Waals surface area contributed by atoms with E-state index in [9.17, 15) is 22.4 Å².